The number of guanidine groups is 1. The SMILES string of the molecule is CCNC(=NCCOc1ccccc1C(F)(F)F)NC1CCN(C(=O)C(C)C)CC1.I. The largest absolute Gasteiger partial charge is 0.491 e. The van der Waals surface area contributed by atoms with Crippen LogP contribution in [0.25, 0.3) is 0 Å². The van der Waals surface area contributed by atoms with Gasteiger partial charge in [0.2, 0.25) is 5.91 Å². The number of likely N-dealkylation sites (tertiary alicyclic amines) is 1. The molecule has 1 amide bonds. The number of para-hydroxylation sites is 1. The molecular weight excluding hydrogens is 524 g/mol. The Bertz CT molecular complexity index is 721. The number of rotatable bonds is 7. The van der Waals surface area contributed by atoms with Crippen molar-refractivity contribution in [2.24, 2.45) is 10.9 Å². The van der Waals surface area contributed by atoms with E-state index in [1.807, 2.05) is 25.7 Å². The number of carbonyl (C=O) groups is 1. The van der Waals surface area contributed by atoms with Crippen molar-refractivity contribution in [3.63, 3.8) is 0 Å². The van der Waals surface area contributed by atoms with E-state index in [1.165, 1.54) is 18.2 Å². The van der Waals surface area contributed by atoms with Gasteiger partial charge < -0.3 is 20.3 Å². The summed E-state index contributed by atoms with van der Waals surface area (Å²) in [5.41, 5.74) is -0.790. The van der Waals surface area contributed by atoms with E-state index in [4.69, 9.17) is 4.74 Å². The number of amides is 1. The molecule has 0 saturated carbocycles. The first-order chi connectivity index (χ1) is 14.2. The lowest BCUT2D eigenvalue weighted by Crippen LogP contribution is -2.50. The molecule has 0 bridgehead atoms. The van der Waals surface area contributed by atoms with Crippen molar-refractivity contribution < 1.29 is 22.7 Å². The fourth-order valence-electron chi connectivity index (χ4n) is 3.26. The molecule has 1 aromatic rings. The van der Waals surface area contributed by atoms with Gasteiger partial charge in [0.15, 0.2) is 5.96 Å². The molecule has 1 aromatic carbocycles. The second-order valence-electron chi connectivity index (χ2n) is 7.50. The summed E-state index contributed by atoms with van der Waals surface area (Å²) >= 11 is 0. The molecule has 176 valence electrons. The predicted octanol–water partition coefficient (Wildman–Crippen LogP) is 3.90. The van der Waals surface area contributed by atoms with Gasteiger partial charge >= 0.3 is 6.18 Å². The highest BCUT2D eigenvalue weighted by molar-refractivity contribution is 14.0. The van der Waals surface area contributed by atoms with Crippen LogP contribution in [0.2, 0.25) is 0 Å². The zero-order valence-electron chi connectivity index (χ0n) is 18.2. The van der Waals surface area contributed by atoms with Crippen LogP contribution in [-0.2, 0) is 11.0 Å². The average molecular weight is 556 g/mol. The lowest BCUT2D eigenvalue weighted by molar-refractivity contribution is -0.139. The number of ether oxygens (including phenoxy) is 1. The lowest BCUT2D eigenvalue weighted by atomic mass is 10.0. The number of hydrogen-bond acceptors (Lipinski definition) is 3. The van der Waals surface area contributed by atoms with Crippen molar-refractivity contribution in [2.75, 3.05) is 32.8 Å². The first-order valence-corrected chi connectivity index (χ1v) is 10.3. The van der Waals surface area contributed by atoms with Crippen LogP contribution < -0.4 is 15.4 Å². The van der Waals surface area contributed by atoms with Gasteiger partial charge in [0, 0.05) is 31.6 Å². The second kappa shape index (κ2) is 13.0. The zero-order valence-corrected chi connectivity index (χ0v) is 20.5. The van der Waals surface area contributed by atoms with Gasteiger partial charge in [-0.25, -0.2) is 4.99 Å². The van der Waals surface area contributed by atoms with Crippen LogP contribution in [0.4, 0.5) is 13.2 Å². The highest BCUT2D eigenvalue weighted by Gasteiger charge is 2.34. The molecule has 2 rings (SSSR count). The van der Waals surface area contributed by atoms with Crippen molar-refractivity contribution in [1.82, 2.24) is 15.5 Å². The molecule has 0 aliphatic carbocycles. The maximum absolute atomic E-state index is 13.0. The predicted molar refractivity (Wildman–Crippen MR) is 126 cm³/mol. The molecule has 1 heterocycles. The van der Waals surface area contributed by atoms with Crippen LogP contribution in [0, 0.1) is 5.92 Å². The minimum absolute atomic E-state index is 0. The van der Waals surface area contributed by atoms with Crippen LogP contribution in [0.3, 0.4) is 0 Å². The van der Waals surface area contributed by atoms with Gasteiger partial charge in [0.1, 0.15) is 12.4 Å². The Labute approximate surface area is 199 Å². The average Bonchev–Trinajstić information content (AvgIpc) is 2.71. The molecule has 1 fully saturated rings. The first-order valence-electron chi connectivity index (χ1n) is 10.3. The van der Waals surface area contributed by atoms with Crippen LogP contribution in [0.1, 0.15) is 39.2 Å². The fraction of sp³-hybridized carbons (Fsp3) is 0.619. The Morgan fingerprint density at radius 2 is 1.90 bits per heavy atom. The number of nitrogens with zero attached hydrogens (tertiary/aromatic N) is 2. The van der Waals surface area contributed by atoms with Gasteiger partial charge in [-0.15, -0.1) is 24.0 Å². The van der Waals surface area contributed by atoms with Crippen LogP contribution in [0.15, 0.2) is 29.3 Å². The van der Waals surface area contributed by atoms with Gasteiger partial charge in [0.05, 0.1) is 12.1 Å². The van der Waals surface area contributed by atoms with E-state index in [0.29, 0.717) is 25.6 Å². The third-order valence-electron chi connectivity index (χ3n) is 4.80. The lowest BCUT2D eigenvalue weighted by Gasteiger charge is -2.34. The van der Waals surface area contributed by atoms with Gasteiger partial charge in [-0.2, -0.15) is 13.2 Å². The molecule has 0 radical (unpaired) electrons. The summed E-state index contributed by atoms with van der Waals surface area (Å²) in [5, 5.41) is 6.48. The maximum atomic E-state index is 13.0. The van der Waals surface area contributed by atoms with E-state index in [1.54, 1.807) is 0 Å². The first kappa shape index (κ1) is 27.3. The Morgan fingerprint density at radius 3 is 2.48 bits per heavy atom. The minimum Gasteiger partial charge on any atom is -0.491 e. The molecule has 1 aliphatic rings. The molecule has 1 saturated heterocycles. The minimum atomic E-state index is -4.46. The van der Waals surface area contributed by atoms with E-state index >= 15 is 0 Å². The summed E-state index contributed by atoms with van der Waals surface area (Å²) in [5.74, 6) is 0.570. The second-order valence-corrected chi connectivity index (χ2v) is 7.50. The molecule has 0 spiro atoms. The molecule has 10 heteroatoms. The Balaban J connectivity index is 0.00000480. The van der Waals surface area contributed by atoms with Crippen molar-refractivity contribution in [3.8, 4) is 5.75 Å². The molecule has 2 N–H and O–H groups in total. The highest BCUT2D eigenvalue weighted by atomic mass is 127. The van der Waals surface area contributed by atoms with E-state index in [0.717, 1.165) is 18.9 Å². The molecule has 0 unspecified atom stereocenters. The number of piperidine rings is 1. The molecule has 0 aromatic heterocycles. The van der Waals surface area contributed by atoms with Crippen LogP contribution >= 0.6 is 24.0 Å². The number of nitrogens with one attached hydrogen (secondary N) is 2. The summed E-state index contributed by atoms with van der Waals surface area (Å²) in [7, 11) is 0. The quantitative estimate of drug-likeness (QED) is 0.232. The van der Waals surface area contributed by atoms with E-state index < -0.39 is 11.7 Å². The molecule has 31 heavy (non-hydrogen) atoms. The molecule has 0 atom stereocenters. The van der Waals surface area contributed by atoms with Crippen molar-refractivity contribution in [2.45, 2.75) is 45.8 Å². The summed E-state index contributed by atoms with van der Waals surface area (Å²) in [6.45, 7) is 8.05. The standard InChI is InChI=1S/C21H31F3N4O2.HI/c1-4-25-20(27-16-9-12-28(13-10-16)19(29)15(2)3)26-11-14-30-18-8-6-5-7-17(18)21(22,23)24;/h5-8,15-16H,4,9-14H2,1-3H3,(H2,25,26,27);1H. The van der Waals surface area contributed by atoms with Gasteiger partial charge in [-0.05, 0) is 31.9 Å². The Kier molecular flexibility index (Phi) is 11.4. The number of hydrogen-bond donors (Lipinski definition) is 2. The number of aliphatic imine (C=N–C) groups is 1. The van der Waals surface area contributed by atoms with E-state index in [-0.39, 0.29) is 60.7 Å². The van der Waals surface area contributed by atoms with Crippen LogP contribution in [-0.4, -0.2) is 55.6 Å². The fourth-order valence-corrected chi connectivity index (χ4v) is 3.26. The summed E-state index contributed by atoms with van der Waals surface area (Å²) in [6, 6.07) is 5.34. The smallest absolute Gasteiger partial charge is 0.419 e. The van der Waals surface area contributed by atoms with Crippen molar-refractivity contribution >= 4 is 35.8 Å². The monoisotopic (exact) mass is 556 g/mol. The normalized spacial score (nSPS) is 15.5. The number of halogens is 4. The Hall–Kier alpha value is -1.72. The van der Waals surface area contributed by atoms with Gasteiger partial charge in [-0.3, -0.25) is 4.79 Å². The molecule has 1 aliphatic heterocycles. The topological polar surface area (TPSA) is 66.0 Å². The molecular formula is C21H32F3IN4O2. The van der Waals surface area contributed by atoms with Crippen molar-refractivity contribution in [1.29, 1.82) is 0 Å². The summed E-state index contributed by atoms with van der Waals surface area (Å²) < 4.78 is 44.4. The van der Waals surface area contributed by atoms with E-state index in [9.17, 15) is 18.0 Å². The van der Waals surface area contributed by atoms with Gasteiger partial charge in [0.25, 0.3) is 0 Å². The number of carbonyl (C=O) groups excluding carboxylic acids is 1. The summed E-state index contributed by atoms with van der Waals surface area (Å²) in [4.78, 5) is 18.4. The van der Waals surface area contributed by atoms with E-state index in [2.05, 4.69) is 15.6 Å². The summed E-state index contributed by atoms with van der Waals surface area (Å²) in [6.07, 6.45) is -2.82. The molecule has 6 nitrogen and oxygen atoms in total. The van der Waals surface area contributed by atoms with Gasteiger partial charge in [-0.1, -0.05) is 26.0 Å². The maximum Gasteiger partial charge on any atom is 0.419 e. The Morgan fingerprint density at radius 1 is 1.26 bits per heavy atom. The van der Waals surface area contributed by atoms with Crippen LogP contribution in [0.5, 0.6) is 5.75 Å². The third-order valence-corrected chi connectivity index (χ3v) is 4.80. The third kappa shape index (κ3) is 8.74. The van der Waals surface area contributed by atoms with Crippen molar-refractivity contribution in [3.05, 3.63) is 29.8 Å². The number of benzene rings is 1. The highest BCUT2D eigenvalue weighted by Crippen LogP contribution is 2.35. The number of alkyl halides is 3. The zero-order chi connectivity index (χ0) is 22.1.